The monoisotopic (exact) mass is 333 g/mol. The minimum atomic E-state index is -0.446. The van der Waals surface area contributed by atoms with Gasteiger partial charge in [-0.15, -0.1) is 17.9 Å². The highest BCUT2D eigenvalue weighted by atomic mass is 32.6. The third-order valence-corrected chi connectivity index (χ3v) is 12.8. The van der Waals surface area contributed by atoms with Crippen LogP contribution in [-0.4, -0.2) is 35.4 Å². The molecule has 2 rings (SSSR count). The van der Waals surface area contributed by atoms with E-state index >= 15 is 0 Å². The summed E-state index contributed by atoms with van der Waals surface area (Å²) in [6.07, 6.45) is 2.78. The van der Waals surface area contributed by atoms with Crippen molar-refractivity contribution >= 4 is 50.1 Å². The highest BCUT2D eigenvalue weighted by molar-refractivity contribution is 8.63. The molecule has 4 nitrogen and oxygen atoms in total. The van der Waals surface area contributed by atoms with Crippen LogP contribution in [0.3, 0.4) is 0 Å². The second-order valence-corrected chi connectivity index (χ2v) is 13.3. The van der Waals surface area contributed by atoms with E-state index in [9.17, 15) is 4.79 Å². The van der Waals surface area contributed by atoms with E-state index in [0.29, 0.717) is 7.96 Å². The molecule has 0 saturated heterocycles. The third kappa shape index (κ3) is 3.43. The van der Waals surface area contributed by atoms with Gasteiger partial charge in [0.25, 0.3) is 5.91 Å². The number of aromatic nitrogens is 1. The van der Waals surface area contributed by atoms with Gasteiger partial charge in [-0.2, -0.15) is 0 Å². The summed E-state index contributed by atoms with van der Waals surface area (Å²) in [7, 11) is 5.86. The Balaban J connectivity index is 2.45. The van der Waals surface area contributed by atoms with Crippen LogP contribution in [0.5, 0.6) is 0 Å². The zero-order chi connectivity index (χ0) is 13.8. The van der Waals surface area contributed by atoms with Gasteiger partial charge in [-0.3, -0.25) is 9.78 Å². The minimum absolute atomic E-state index is 0.128. The Morgan fingerprint density at radius 2 is 2.42 bits per heavy atom. The Bertz CT molecular complexity index is 471. The lowest BCUT2D eigenvalue weighted by Gasteiger charge is -2.21. The Hall–Kier alpha value is 0.140. The van der Waals surface area contributed by atoms with Gasteiger partial charge in [0, 0.05) is 25.8 Å². The van der Waals surface area contributed by atoms with Gasteiger partial charge >= 0.3 is 0 Å². The summed E-state index contributed by atoms with van der Waals surface area (Å²) in [5.74, 6) is 0.128. The van der Waals surface area contributed by atoms with Crippen LogP contribution in [0.1, 0.15) is 23.7 Å². The van der Waals surface area contributed by atoms with Crippen LogP contribution in [0.25, 0.3) is 0 Å². The quantitative estimate of drug-likeness (QED) is 0.862. The van der Waals surface area contributed by atoms with Crippen LogP contribution in [-0.2, 0) is 0 Å². The summed E-state index contributed by atoms with van der Waals surface area (Å²) in [4.78, 5) is 19.1. The zero-order valence-corrected chi connectivity index (χ0v) is 15.1. The van der Waals surface area contributed by atoms with Crippen molar-refractivity contribution in [3.8, 4) is 0 Å². The van der Waals surface area contributed by atoms with Gasteiger partial charge in [0.1, 0.15) is 0 Å². The number of rotatable bonds is 4. The Kier molecular flexibility index (Phi) is 5.91. The predicted molar refractivity (Wildman–Crippen MR) is 93.2 cm³/mol. The van der Waals surface area contributed by atoms with Crippen molar-refractivity contribution in [2.24, 2.45) is 0 Å². The molecule has 1 aliphatic heterocycles. The minimum Gasteiger partial charge on any atom is -0.383 e. The fraction of sp³-hybridized carbons (Fsp3) is 0.455. The van der Waals surface area contributed by atoms with Crippen LogP contribution in [0, 0.1) is 0 Å². The van der Waals surface area contributed by atoms with Gasteiger partial charge in [0.2, 0.25) is 0 Å². The van der Waals surface area contributed by atoms with Crippen molar-refractivity contribution < 1.29 is 4.79 Å². The summed E-state index contributed by atoms with van der Waals surface area (Å²) >= 11 is 0. The largest absolute Gasteiger partial charge is 0.383 e. The molecule has 4 atom stereocenters. The van der Waals surface area contributed by atoms with Gasteiger partial charge in [-0.1, -0.05) is 14.9 Å². The molecular formula is C11H19N3OP4. The Morgan fingerprint density at radius 3 is 3.11 bits per heavy atom. The van der Waals surface area contributed by atoms with Gasteiger partial charge in [0.15, 0.2) is 0 Å². The molecule has 0 radical (unpaired) electrons. The first-order valence-corrected chi connectivity index (χ1v) is 12.8. The highest BCUT2D eigenvalue weighted by Crippen LogP contribution is 2.65. The van der Waals surface area contributed by atoms with E-state index in [2.05, 4.69) is 35.1 Å². The van der Waals surface area contributed by atoms with Gasteiger partial charge in [0.05, 0.1) is 16.7 Å². The van der Waals surface area contributed by atoms with Gasteiger partial charge < -0.3 is 10.2 Å². The standard InChI is InChI=1S/C11H19N3OP4/c1-2-6-14-7-5-12-8-3-4-13-10(19(17)18-16)9(8)11(14)15/h3-4,12,18H,2,5-7,16-17H2,1H3. The first-order chi connectivity index (χ1) is 9.19. The van der Waals surface area contributed by atoms with Crippen LogP contribution >= 0.6 is 33.1 Å². The summed E-state index contributed by atoms with van der Waals surface area (Å²) in [5, 5.41) is 3.36. The van der Waals surface area contributed by atoms with Crippen molar-refractivity contribution in [3.63, 3.8) is 0 Å². The number of fused-ring (bicyclic) bond motifs is 1. The molecule has 4 unspecified atom stereocenters. The average Bonchev–Trinajstić information content (AvgIpc) is 2.59. The molecule has 0 aliphatic carbocycles. The van der Waals surface area contributed by atoms with E-state index in [1.54, 1.807) is 6.20 Å². The molecular weight excluding hydrogens is 314 g/mol. The maximum Gasteiger partial charge on any atom is 0.258 e. The van der Waals surface area contributed by atoms with E-state index in [4.69, 9.17) is 0 Å². The number of hydrogen-bond donors (Lipinski definition) is 1. The van der Waals surface area contributed by atoms with E-state index < -0.39 is 7.30 Å². The highest BCUT2D eigenvalue weighted by Gasteiger charge is 2.27. The Labute approximate surface area is 121 Å². The lowest BCUT2D eigenvalue weighted by Crippen LogP contribution is -2.35. The van der Waals surface area contributed by atoms with Crippen LogP contribution < -0.4 is 10.8 Å². The van der Waals surface area contributed by atoms with Crippen LogP contribution in [0.4, 0.5) is 5.69 Å². The molecule has 8 heteroatoms. The normalized spacial score (nSPS) is 17.2. The molecule has 1 N–H and O–H groups in total. The molecule has 1 amide bonds. The summed E-state index contributed by atoms with van der Waals surface area (Å²) in [6, 6.07) is 1.91. The number of nitrogens with zero attached hydrogens (tertiary/aromatic N) is 2. The topological polar surface area (TPSA) is 45.2 Å². The molecule has 0 saturated carbocycles. The maximum absolute atomic E-state index is 12.7. The van der Waals surface area contributed by atoms with Crippen molar-refractivity contribution in [2.45, 2.75) is 13.3 Å². The number of nitrogens with one attached hydrogen (secondary N) is 1. The first kappa shape index (κ1) is 15.5. The van der Waals surface area contributed by atoms with E-state index in [1.807, 2.05) is 11.0 Å². The van der Waals surface area contributed by atoms with Gasteiger partial charge in [-0.05, 0) is 19.8 Å². The van der Waals surface area contributed by atoms with E-state index in [0.717, 1.165) is 42.7 Å². The number of carbonyl (C=O) groups excluding carboxylic acids is 1. The molecule has 1 aromatic rings. The van der Waals surface area contributed by atoms with Gasteiger partial charge in [-0.25, -0.2) is 0 Å². The molecule has 19 heavy (non-hydrogen) atoms. The second kappa shape index (κ2) is 7.24. The molecule has 0 fully saturated rings. The zero-order valence-electron chi connectivity index (χ0n) is 10.9. The molecule has 1 aromatic heterocycles. The maximum atomic E-state index is 12.7. The predicted octanol–water partition coefficient (Wildman–Crippen LogP) is 2.64. The molecule has 0 bridgehead atoms. The van der Waals surface area contributed by atoms with Crippen molar-refractivity contribution in [2.75, 3.05) is 25.0 Å². The number of hydrogen-bond acceptors (Lipinski definition) is 3. The second-order valence-electron chi connectivity index (χ2n) is 4.28. The molecule has 2 heterocycles. The molecule has 1 aliphatic rings. The first-order valence-electron chi connectivity index (χ1n) is 6.22. The van der Waals surface area contributed by atoms with Crippen LogP contribution in [0.15, 0.2) is 12.3 Å². The summed E-state index contributed by atoms with van der Waals surface area (Å²) in [5.41, 5.74) is 2.67. The van der Waals surface area contributed by atoms with E-state index in [-0.39, 0.29) is 5.91 Å². The summed E-state index contributed by atoms with van der Waals surface area (Å²) < 4.78 is 0. The molecule has 0 aromatic carbocycles. The Morgan fingerprint density at radius 1 is 1.63 bits per heavy atom. The fourth-order valence-corrected chi connectivity index (χ4v) is 5.45. The lowest BCUT2D eigenvalue weighted by atomic mass is 10.2. The van der Waals surface area contributed by atoms with Crippen molar-refractivity contribution in [3.05, 3.63) is 17.8 Å². The lowest BCUT2D eigenvalue weighted by molar-refractivity contribution is 0.0768. The number of anilines is 1. The van der Waals surface area contributed by atoms with Crippen molar-refractivity contribution in [1.29, 1.82) is 0 Å². The number of pyridine rings is 1. The smallest absolute Gasteiger partial charge is 0.258 e. The third-order valence-electron chi connectivity index (χ3n) is 2.99. The molecule has 104 valence electrons. The molecule has 0 spiro atoms. The van der Waals surface area contributed by atoms with Crippen LogP contribution in [0.2, 0.25) is 0 Å². The van der Waals surface area contributed by atoms with E-state index in [1.165, 1.54) is 0 Å². The number of carbonyl (C=O) groups is 1. The average molecular weight is 333 g/mol. The fourth-order valence-electron chi connectivity index (χ4n) is 2.12. The number of amides is 1. The van der Waals surface area contributed by atoms with Crippen molar-refractivity contribution in [1.82, 2.24) is 9.88 Å². The SMILES string of the molecule is CCCN1CCNc2ccnc(P(P)PP)c2C1=O. The summed E-state index contributed by atoms with van der Waals surface area (Å²) in [6.45, 7) is 4.48.